The lowest BCUT2D eigenvalue weighted by molar-refractivity contribution is -0.253. The van der Waals surface area contributed by atoms with Crippen LogP contribution < -0.4 is 0 Å². The minimum absolute atomic E-state index is 0.172. The average Bonchev–Trinajstić information content (AvgIpc) is 2.76. The number of carbonyl (C=O) groups is 1. The number of benzene rings is 1. The van der Waals surface area contributed by atoms with Gasteiger partial charge in [-0.2, -0.15) is 13.2 Å². The number of likely N-dealkylation sites (tertiary alicyclic amines) is 1. The van der Waals surface area contributed by atoms with Crippen molar-refractivity contribution in [2.75, 3.05) is 13.1 Å². The first-order valence-electron chi connectivity index (χ1n) is 5.78. The van der Waals surface area contributed by atoms with Crippen LogP contribution in [0.5, 0.6) is 0 Å². The van der Waals surface area contributed by atoms with E-state index in [4.69, 9.17) is 23.2 Å². The molecule has 0 spiro atoms. The highest BCUT2D eigenvalue weighted by molar-refractivity contribution is 6.36. The summed E-state index contributed by atoms with van der Waals surface area (Å²) in [5.41, 5.74) is -3.26. The van der Waals surface area contributed by atoms with Crippen molar-refractivity contribution in [3.05, 3.63) is 33.6 Å². The SMILES string of the molecule is O=C(c1cc(F)c(Cl)cc1Cl)N1CC[C@](O)(C(F)(F)F)C1. The van der Waals surface area contributed by atoms with Gasteiger partial charge in [-0.1, -0.05) is 23.2 Å². The van der Waals surface area contributed by atoms with E-state index in [9.17, 15) is 27.5 Å². The number of amides is 1. The van der Waals surface area contributed by atoms with Crippen LogP contribution in [0.25, 0.3) is 0 Å². The molecule has 0 radical (unpaired) electrons. The lowest BCUT2D eigenvalue weighted by Gasteiger charge is -2.26. The molecule has 2 rings (SSSR count). The Morgan fingerprint density at radius 2 is 1.90 bits per heavy atom. The summed E-state index contributed by atoms with van der Waals surface area (Å²) < 4.78 is 51.4. The average molecular weight is 346 g/mol. The molecule has 1 saturated heterocycles. The second kappa shape index (κ2) is 5.30. The number of hydrogen-bond donors (Lipinski definition) is 1. The Morgan fingerprint density at radius 1 is 1.29 bits per heavy atom. The summed E-state index contributed by atoms with van der Waals surface area (Å²) >= 11 is 11.2. The van der Waals surface area contributed by atoms with E-state index in [0.29, 0.717) is 0 Å². The van der Waals surface area contributed by atoms with Gasteiger partial charge in [0.1, 0.15) is 5.82 Å². The first-order valence-corrected chi connectivity index (χ1v) is 6.54. The zero-order chi connectivity index (χ0) is 16.0. The van der Waals surface area contributed by atoms with Gasteiger partial charge in [0.2, 0.25) is 0 Å². The van der Waals surface area contributed by atoms with Crippen LogP contribution in [0, 0.1) is 5.82 Å². The third kappa shape index (κ3) is 2.95. The van der Waals surface area contributed by atoms with Crippen LogP contribution in [0.1, 0.15) is 16.8 Å². The van der Waals surface area contributed by atoms with Crippen molar-refractivity contribution in [2.45, 2.75) is 18.2 Å². The van der Waals surface area contributed by atoms with Crippen LogP contribution in [0.15, 0.2) is 12.1 Å². The highest BCUT2D eigenvalue weighted by Gasteiger charge is 2.57. The van der Waals surface area contributed by atoms with Gasteiger partial charge in [-0.3, -0.25) is 4.79 Å². The van der Waals surface area contributed by atoms with Crippen molar-refractivity contribution in [3.8, 4) is 0 Å². The third-order valence-electron chi connectivity index (χ3n) is 3.30. The number of β-amino-alcohol motifs (C(OH)–C–C–N with tert-alkyl or cyclic N) is 1. The maximum Gasteiger partial charge on any atom is 0.419 e. The minimum Gasteiger partial charge on any atom is -0.379 e. The molecule has 1 amide bonds. The van der Waals surface area contributed by atoms with Gasteiger partial charge in [0, 0.05) is 13.0 Å². The second-order valence-corrected chi connectivity index (χ2v) is 5.57. The number of halogens is 6. The molecule has 1 aromatic rings. The minimum atomic E-state index is -4.85. The molecule has 0 aromatic heterocycles. The fourth-order valence-electron chi connectivity index (χ4n) is 2.06. The topological polar surface area (TPSA) is 40.5 Å². The van der Waals surface area contributed by atoms with Crippen LogP contribution in [0.4, 0.5) is 17.6 Å². The Morgan fingerprint density at radius 3 is 2.43 bits per heavy atom. The van der Waals surface area contributed by atoms with Crippen molar-refractivity contribution in [1.82, 2.24) is 4.90 Å². The number of aliphatic hydroxyl groups is 1. The standard InChI is InChI=1S/C12H9Cl2F4NO2/c13-7-4-8(14)9(15)3-6(7)10(20)19-2-1-11(21,5-19)12(16,17)18/h3-4,21H,1-2,5H2/t11-/m1/s1. The Balaban J connectivity index is 2.25. The fourth-order valence-corrected chi connectivity index (χ4v) is 2.52. The van der Waals surface area contributed by atoms with Crippen LogP contribution in [-0.4, -0.2) is 40.8 Å². The van der Waals surface area contributed by atoms with Gasteiger partial charge >= 0.3 is 6.18 Å². The smallest absolute Gasteiger partial charge is 0.379 e. The van der Waals surface area contributed by atoms with E-state index in [-0.39, 0.29) is 22.2 Å². The summed E-state index contributed by atoms with van der Waals surface area (Å²) in [5, 5.41) is 9.04. The lowest BCUT2D eigenvalue weighted by Crippen LogP contribution is -2.48. The Kier molecular flexibility index (Phi) is 4.12. The maximum absolute atomic E-state index is 13.4. The number of carbonyl (C=O) groups excluding carboxylic acids is 1. The van der Waals surface area contributed by atoms with Crippen molar-refractivity contribution in [1.29, 1.82) is 0 Å². The first kappa shape index (κ1) is 16.3. The van der Waals surface area contributed by atoms with E-state index >= 15 is 0 Å². The van der Waals surface area contributed by atoms with Crippen LogP contribution in [0.2, 0.25) is 10.0 Å². The molecular formula is C12H9Cl2F4NO2. The molecule has 1 aliphatic heterocycles. The van der Waals surface area contributed by atoms with Crippen molar-refractivity contribution >= 4 is 29.1 Å². The van der Waals surface area contributed by atoms with Crippen LogP contribution >= 0.6 is 23.2 Å². The van der Waals surface area contributed by atoms with E-state index in [0.717, 1.165) is 17.0 Å². The van der Waals surface area contributed by atoms with Crippen LogP contribution in [-0.2, 0) is 0 Å². The summed E-state index contributed by atoms with van der Waals surface area (Å²) in [6.45, 7) is -1.23. The molecule has 0 bridgehead atoms. The van der Waals surface area contributed by atoms with Gasteiger partial charge in [0.15, 0.2) is 5.60 Å². The summed E-state index contributed by atoms with van der Waals surface area (Å²) in [6.07, 6.45) is -5.49. The molecule has 3 nitrogen and oxygen atoms in total. The van der Waals surface area contributed by atoms with Gasteiger partial charge in [-0.25, -0.2) is 4.39 Å². The molecule has 9 heteroatoms. The van der Waals surface area contributed by atoms with E-state index in [1.54, 1.807) is 0 Å². The molecule has 0 unspecified atom stereocenters. The molecule has 0 saturated carbocycles. The van der Waals surface area contributed by atoms with Crippen LogP contribution in [0.3, 0.4) is 0 Å². The molecule has 1 heterocycles. The Bertz CT molecular complexity index is 593. The van der Waals surface area contributed by atoms with Gasteiger partial charge in [0.05, 0.1) is 22.2 Å². The predicted octanol–water partition coefficient (Wildman–Crippen LogP) is 3.27. The molecule has 1 N–H and O–H groups in total. The summed E-state index contributed by atoms with van der Waals surface area (Å²) in [5.74, 6) is -1.80. The number of alkyl halides is 3. The Labute approximate surface area is 127 Å². The van der Waals surface area contributed by atoms with E-state index in [1.807, 2.05) is 0 Å². The molecule has 116 valence electrons. The van der Waals surface area contributed by atoms with Crippen molar-refractivity contribution < 1.29 is 27.5 Å². The van der Waals surface area contributed by atoms with Gasteiger partial charge in [-0.15, -0.1) is 0 Å². The summed E-state index contributed by atoms with van der Waals surface area (Å²) in [4.78, 5) is 12.9. The third-order valence-corrected chi connectivity index (χ3v) is 3.91. The lowest BCUT2D eigenvalue weighted by atomic mass is 10.0. The van der Waals surface area contributed by atoms with E-state index in [2.05, 4.69) is 0 Å². The maximum atomic E-state index is 13.4. The second-order valence-electron chi connectivity index (χ2n) is 4.75. The number of nitrogens with zero attached hydrogens (tertiary/aromatic N) is 1. The Hall–Kier alpha value is -1.05. The molecule has 1 atom stereocenters. The zero-order valence-electron chi connectivity index (χ0n) is 10.3. The number of rotatable bonds is 1. The first-order chi connectivity index (χ1) is 9.55. The molecule has 1 aliphatic rings. The largest absolute Gasteiger partial charge is 0.419 e. The molecule has 1 aromatic carbocycles. The van der Waals surface area contributed by atoms with Gasteiger partial charge in [-0.05, 0) is 12.1 Å². The molecular weight excluding hydrogens is 337 g/mol. The molecule has 0 aliphatic carbocycles. The van der Waals surface area contributed by atoms with E-state index < -0.39 is 36.5 Å². The van der Waals surface area contributed by atoms with Crippen molar-refractivity contribution in [3.63, 3.8) is 0 Å². The van der Waals surface area contributed by atoms with Gasteiger partial charge in [0.25, 0.3) is 5.91 Å². The normalized spacial score (nSPS) is 22.7. The summed E-state index contributed by atoms with van der Waals surface area (Å²) in [6, 6.07) is 1.76. The quantitative estimate of drug-likeness (QED) is 0.626. The van der Waals surface area contributed by atoms with Gasteiger partial charge < -0.3 is 10.0 Å². The fraction of sp³-hybridized carbons (Fsp3) is 0.417. The van der Waals surface area contributed by atoms with Crippen molar-refractivity contribution in [2.24, 2.45) is 0 Å². The zero-order valence-corrected chi connectivity index (χ0v) is 11.9. The molecule has 21 heavy (non-hydrogen) atoms. The summed E-state index contributed by atoms with van der Waals surface area (Å²) in [7, 11) is 0. The monoisotopic (exact) mass is 345 g/mol. The highest BCUT2D eigenvalue weighted by Crippen LogP contribution is 2.38. The number of hydrogen-bond acceptors (Lipinski definition) is 2. The van der Waals surface area contributed by atoms with E-state index in [1.165, 1.54) is 0 Å². The highest BCUT2D eigenvalue weighted by atomic mass is 35.5. The molecule has 1 fully saturated rings. The predicted molar refractivity (Wildman–Crippen MR) is 67.9 cm³/mol.